The Bertz CT molecular complexity index is 1090. The van der Waals surface area contributed by atoms with Gasteiger partial charge >= 0.3 is 5.97 Å². The third-order valence-electron chi connectivity index (χ3n) is 3.75. The van der Waals surface area contributed by atoms with Crippen molar-refractivity contribution in [1.82, 2.24) is 0 Å². The van der Waals surface area contributed by atoms with Gasteiger partial charge in [0.15, 0.2) is 6.10 Å². The highest BCUT2D eigenvalue weighted by Gasteiger charge is 2.19. The first-order valence-electron chi connectivity index (χ1n) is 8.51. The highest BCUT2D eigenvalue weighted by atomic mass is 32.2. The highest BCUT2D eigenvalue weighted by Crippen LogP contribution is 2.15. The molecular formula is C19H18N4O6S. The lowest BCUT2D eigenvalue weighted by atomic mass is 10.2. The molecule has 0 fully saturated rings. The molecule has 11 heteroatoms. The van der Waals surface area contributed by atoms with Gasteiger partial charge in [0.05, 0.1) is 16.5 Å². The number of carbonyl (C=O) groups is 3. The topological polar surface area (TPSA) is 168 Å². The molecule has 10 nitrogen and oxygen atoms in total. The molecule has 0 heterocycles. The number of carbonyl (C=O) groups excluding carboxylic acids is 3. The first kappa shape index (κ1) is 22.5. The first-order valence-corrected chi connectivity index (χ1v) is 10.1. The molecule has 0 spiro atoms. The minimum absolute atomic E-state index is 0.104. The summed E-state index contributed by atoms with van der Waals surface area (Å²) in [5.74, 6) is -1.85. The third-order valence-corrected chi connectivity index (χ3v) is 4.68. The van der Waals surface area contributed by atoms with Crippen LogP contribution < -0.4 is 15.8 Å². The Hall–Kier alpha value is -3.75. The monoisotopic (exact) mass is 430 g/mol. The van der Waals surface area contributed by atoms with Gasteiger partial charge in [0.2, 0.25) is 15.9 Å². The zero-order valence-corrected chi connectivity index (χ0v) is 16.6. The van der Waals surface area contributed by atoms with Gasteiger partial charge in [-0.3, -0.25) is 9.59 Å². The number of hydrogen-bond acceptors (Lipinski definition) is 7. The van der Waals surface area contributed by atoms with E-state index in [0.717, 1.165) is 0 Å². The zero-order chi connectivity index (χ0) is 22.3. The number of nitrogens with two attached hydrogens (primary N) is 1. The van der Waals surface area contributed by atoms with E-state index in [2.05, 4.69) is 10.6 Å². The number of nitrogens with zero attached hydrogens (tertiary/aromatic N) is 1. The lowest BCUT2D eigenvalue weighted by Gasteiger charge is -2.14. The average Bonchev–Trinajstić information content (AvgIpc) is 2.68. The van der Waals surface area contributed by atoms with Crippen molar-refractivity contribution in [2.45, 2.75) is 24.3 Å². The summed E-state index contributed by atoms with van der Waals surface area (Å²) in [6.45, 7) is 1.38. The Labute approximate surface area is 172 Å². The maximum Gasteiger partial charge on any atom is 0.338 e. The second kappa shape index (κ2) is 9.64. The van der Waals surface area contributed by atoms with Crippen LogP contribution in [0, 0.1) is 11.3 Å². The molecule has 1 unspecified atom stereocenters. The molecule has 0 bridgehead atoms. The van der Waals surface area contributed by atoms with Crippen molar-refractivity contribution in [2.24, 2.45) is 5.14 Å². The fourth-order valence-electron chi connectivity index (χ4n) is 2.22. The van der Waals surface area contributed by atoms with Crippen molar-refractivity contribution in [3.8, 4) is 6.07 Å². The standard InChI is InChI=1S/C19H18N4O6S/c1-12(18(25)23-15-6-8-16(9-7-15)30(21,27)28)29-19(26)13-2-4-14(5-3-13)22-17(24)10-11-20/h2-9,12H,10H2,1H3,(H,22,24)(H,23,25)(H2,21,27,28). The summed E-state index contributed by atoms with van der Waals surface area (Å²) in [5.41, 5.74) is 0.860. The van der Waals surface area contributed by atoms with Crippen molar-refractivity contribution in [1.29, 1.82) is 5.26 Å². The molecule has 2 aromatic carbocycles. The van der Waals surface area contributed by atoms with E-state index in [1.165, 1.54) is 55.5 Å². The van der Waals surface area contributed by atoms with Crippen molar-refractivity contribution >= 4 is 39.2 Å². The number of esters is 1. The number of hydrogen-bond donors (Lipinski definition) is 3. The van der Waals surface area contributed by atoms with E-state index in [1.54, 1.807) is 6.07 Å². The largest absolute Gasteiger partial charge is 0.449 e. The molecule has 0 aliphatic rings. The van der Waals surface area contributed by atoms with Crippen LogP contribution >= 0.6 is 0 Å². The van der Waals surface area contributed by atoms with Crippen LogP contribution in [0.4, 0.5) is 11.4 Å². The number of ether oxygens (including phenoxy) is 1. The van der Waals surface area contributed by atoms with Crippen molar-refractivity contribution in [3.05, 3.63) is 54.1 Å². The number of sulfonamides is 1. The van der Waals surface area contributed by atoms with E-state index in [4.69, 9.17) is 15.1 Å². The second-order valence-electron chi connectivity index (χ2n) is 6.07. The zero-order valence-electron chi connectivity index (χ0n) is 15.8. The Morgan fingerprint density at radius 3 is 2.10 bits per heavy atom. The molecule has 0 aliphatic carbocycles. The molecule has 0 saturated heterocycles. The normalized spacial score (nSPS) is 11.6. The lowest BCUT2D eigenvalue weighted by Crippen LogP contribution is -2.30. The summed E-state index contributed by atoms with van der Waals surface area (Å²) >= 11 is 0. The Balaban J connectivity index is 1.94. The molecule has 0 aromatic heterocycles. The Morgan fingerprint density at radius 1 is 1.03 bits per heavy atom. The third kappa shape index (κ3) is 6.40. The molecule has 2 aromatic rings. The Morgan fingerprint density at radius 2 is 1.57 bits per heavy atom. The van der Waals surface area contributed by atoms with E-state index >= 15 is 0 Å². The number of nitrogens with one attached hydrogen (secondary N) is 2. The van der Waals surface area contributed by atoms with Crippen LogP contribution in [-0.4, -0.2) is 32.3 Å². The SMILES string of the molecule is CC(OC(=O)c1ccc(NC(=O)CC#N)cc1)C(=O)Nc1ccc(S(N)(=O)=O)cc1. The molecule has 0 radical (unpaired) electrons. The maximum atomic E-state index is 12.2. The quantitative estimate of drug-likeness (QED) is 0.557. The molecule has 4 N–H and O–H groups in total. The van der Waals surface area contributed by atoms with Gasteiger partial charge in [-0.15, -0.1) is 0 Å². The van der Waals surface area contributed by atoms with Gasteiger partial charge in [-0.2, -0.15) is 5.26 Å². The summed E-state index contributed by atoms with van der Waals surface area (Å²) in [5, 5.41) is 18.5. The minimum Gasteiger partial charge on any atom is -0.449 e. The minimum atomic E-state index is -3.84. The van der Waals surface area contributed by atoms with Crippen LogP contribution in [0.3, 0.4) is 0 Å². The Kier molecular flexibility index (Phi) is 7.24. The molecule has 0 saturated carbocycles. The predicted molar refractivity (Wildman–Crippen MR) is 107 cm³/mol. The fraction of sp³-hybridized carbons (Fsp3) is 0.158. The molecule has 156 valence electrons. The van der Waals surface area contributed by atoms with Crippen LogP contribution in [0.1, 0.15) is 23.7 Å². The predicted octanol–water partition coefficient (Wildman–Crippen LogP) is 1.37. The van der Waals surface area contributed by atoms with Crippen molar-refractivity contribution < 1.29 is 27.5 Å². The average molecular weight is 430 g/mol. The number of nitriles is 1. The second-order valence-corrected chi connectivity index (χ2v) is 7.63. The van der Waals surface area contributed by atoms with Gasteiger partial charge in [0, 0.05) is 11.4 Å². The van der Waals surface area contributed by atoms with Crippen LogP contribution in [0.15, 0.2) is 53.4 Å². The van der Waals surface area contributed by atoms with Gasteiger partial charge in [0.25, 0.3) is 5.91 Å². The number of anilines is 2. The lowest BCUT2D eigenvalue weighted by molar-refractivity contribution is -0.123. The van der Waals surface area contributed by atoms with Crippen molar-refractivity contribution in [3.63, 3.8) is 0 Å². The van der Waals surface area contributed by atoms with Gasteiger partial charge < -0.3 is 15.4 Å². The molecule has 2 rings (SSSR count). The summed E-state index contributed by atoms with van der Waals surface area (Å²) < 4.78 is 27.6. The van der Waals surface area contributed by atoms with Crippen LogP contribution in [0.5, 0.6) is 0 Å². The summed E-state index contributed by atoms with van der Waals surface area (Å²) in [6.07, 6.45) is -1.42. The van der Waals surface area contributed by atoms with Gasteiger partial charge in [-0.05, 0) is 55.5 Å². The first-order chi connectivity index (χ1) is 14.1. The number of amides is 2. The van der Waals surface area contributed by atoms with Gasteiger partial charge in [-0.1, -0.05) is 0 Å². The number of benzene rings is 2. The molecule has 2 amide bonds. The van der Waals surface area contributed by atoms with E-state index in [-0.39, 0.29) is 16.9 Å². The van der Waals surface area contributed by atoms with Gasteiger partial charge in [0.1, 0.15) is 6.42 Å². The molecule has 0 aliphatic heterocycles. The number of primary sulfonamides is 1. The van der Waals surface area contributed by atoms with E-state index in [9.17, 15) is 22.8 Å². The van der Waals surface area contributed by atoms with Crippen LogP contribution in [0.2, 0.25) is 0 Å². The number of rotatable bonds is 7. The fourth-order valence-corrected chi connectivity index (χ4v) is 2.74. The summed E-state index contributed by atoms with van der Waals surface area (Å²) in [4.78, 5) is 35.6. The summed E-state index contributed by atoms with van der Waals surface area (Å²) in [7, 11) is -3.84. The molecular weight excluding hydrogens is 412 g/mol. The molecule has 1 atom stereocenters. The van der Waals surface area contributed by atoms with E-state index in [0.29, 0.717) is 11.4 Å². The molecule has 30 heavy (non-hydrogen) atoms. The highest BCUT2D eigenvalue weighted by molar-refractivity contribution is 7.89. The smallest absolute Gasteiger partial charge is 0.338 e. The van der Waals surface area contributed by atoms with Crippen LogP contribution in [-0.2, 0) is 24.3 Å². The van der Waals surface area contributed by atoms with Crippen molar-refractivity contribution in [2.75, 3.05) is 10.6 Å². The van der Waals surface area contributed by atoms with E-state index < -0.39 is 33.9 Å². The maximum absolute atomic E-state index is 12.2. The van der Waals surface area contributed by atoms with Crippen LogP contribution in [0.25, 0.3) is 0 Å². The van der Waals surface area contributed by atoms with E-state index in [1.807, 2.05) is 0 Å². The summed E-state index contributed by atoms with van der Waals surface area (Å²) in [6, 6.07) is 12.6. The van der Waals surface area contributed by atoms with Gasteiger partial charge in [-0.25, -0.2) is 18.4 Å².